The van der Waals surface area contributed by atoms with Gasteiger partial charge in [-0.25, -0.2) is 0 Å². The van der Waals surface area contributed by atoms with Crippen molar-refractivity contribution in [3.8, 4) is 0 Å². The molecule has 0 aromatic heterocycles. The molecule has 0 spiro atoms. The Labute approximate surface area is 153 Å². The maximum Gasteiger partial charge on any atom is 0.234 e. The molecule has 0 bridgehead atoms. The number of hydrogen-bond acceptors (Lipinski definition) is 3. The van der Waals surface area contributed by atoms with Gasteiger partial charge in [0.2, 0.25) is 11.8 Å². The third-order valence-corrected chi connectivity index (χ3v) is 4.57. The van der Waals surface area contributed by atoms with Crippen LogP contribution in [0.5, 0.6) is 0 Å². The number of thioether (sulfide) groups is 1. The summed E-state index contributed by atoms with van der Waals surface area (Å²) in [5.41, 5.74) is 2.73. The van der Waals surface area contributed by atoms with E-state index in [4.69, 9.17) is 0 Å². The predicted octanol–water partition coefficient (Wildman–Crippen LogP) is 4.67. The van der Waals surface area contributed by atoms with Crippen molar-refractivity contribution in [3.05, 3.63) is 54.1 Å². The van der Waals surface area contributed by atoms with Crippen LogP contribution in [0.15, 0.2) is 53.4 Å². The minimum absolute atomic E-state index is 0.0788. The zero-order valence-electron chi connectivity index (χ0n) is 15.1. The van der Waals surface area contributed by atoms with E-state index in [9.17, 15) is 9.59 Å². The van der Waals surface area contributed by atoms with Crippen molar-refractivity contribution in [2.45, 2.75) is 38.0 Å². The number of nitrogens with one attached hydrogen (secondary N) is 2. The van der Waals surface area contributed by atoms with Gasteiger partial charge in [0.25, 0.3) is 0 Å². The summed E-state index contributed by atoms with van der Waals surface area (Å²) in [5.74, 6) is 0.113. The topological polar surface area (TPSA) is 58.2 Å². The number of amides is 2. The first-order valence-electron chi connectivity index (χ1n) is 8.15. The molecule has 4 nitrogen and oxygen atoms in total. The first-order valence-corrected chi connectivity index (χ1v) is 9.13. The number of carbonyl (C=O) groups is 2. The Balaban J connectivity index is 1.89. The number of anilines is 2. The van der Waals surface area contributed by atoms with E-state index in [1.54, 1.807) is 24.3 Å². The molecule has 2 amide bonds. The predicted molar refractivity (Wildman–Crippen MR) is 105 cm³/mol. The maximum absolute atomic E-state index is 12.1. The molecular formula is C20H24N2O2S. The fourth-order valence-corrected chi connectivity index (χ4v) is 2.97. The van der Waals surface area contributed by atoms with Gasteiger partial charge in [-0.3, -0.25) is 9.59 Å². The van der Waals surface area contributed by atoms with E-state index in [1.807, 2.05) is 0 Å². The highest BCUT2D eigenvalue weighted by Gasteiger charge is 2.13. The molecule has 2 rings (SSSR count). The lowest BCUT2D eigenvalue weighted by molar-refractivity contribution is -0.114. The van der Waals surface area contributed by atoms with Crippen molar-refractivity contribution in [1.29, 1.82) is 0 Å². The Bertz CT molecular complexity index is 749. The maximum atomic E-state index is 12.1. The average Bonchev–Trinajstić information content (AvgIpc) is 2.52. The van der Waals surface area contributed by atoms with Gasteiger partial charge < -0.3 is 10.6 Å². The molecule has 5 heteroatoms. The Morgan fingerprint density at radius 2 is 1.56 bits per heavy atom. The van der Waals surface area contributed by atoms with Gasteiger partial charge in [-0.2, -0.15) is 0 Å². The quantitative estimate of drug-likeness (QED) is 0.765. The van der Waals surface area contributed by atoms with Crippen LogP contribution in [0.3, 0.4) is 0 Å². The van der Waals surface area contributed by atoms with Crippen LogP contribution in [0.1, 0.15) is 33.3 Å². The van der Waals surface area contributed by atoms with Crippen molar-refractivity contribution >= 4 is 35.0 Å². The second-order valence-electron chi connectivity index (χ2n) is 6.87. The highest BCUT2D eigenvalue weighted by atomic mass is 32.2. The van der Waals surface area contributed by atoms with E-state index in [0.717, 1.165) is 4.90 Å². The summed E-state index contributed by atoms with van der Waals surface area (Å²) in [6.07, 6.45) is 0. The number of carbonyl (C=O) groups excluding carboxylic acids is 2. The summed E-state index contributed by atoms with van der Waals surface area (Å²) in [5, 5.41) is 5.55. The van der Waals surface area contributed by atoms with Gasteiger partial charge in [0.1, 0.15) is 0 Å². The zero-order valence-corrected chi connectivity index (χ0v) is 15.9. The lowest BCUT2D eigenvalue weighted by Crippen LogP contribution is -2.14. The fourth-order valence-electron chi connectivity index (χ4n) is 2.28. The molecule has 0 aliphatic rings. The lowest BCUT2D eigenvalue weighted by atomic mass is 9.87. The van der Waals surface area contributed by atoms with Gasteiger partial charge >= 0.3 is 0 Å². The van der Waals surface area contributed by atoms with Gasteiger partial charge in [0.05, 0.1) is 5.75 Å². The summed E-state index contributed by atoms with van der Waals surface area (Å²) >= 11 is 1.50. The van der Waals surface area contributed by atoms with Crippen LogP contribution in [0.25, 0.3) is 0 Å². The highest BCUT2D eigenvalue weighted by molar-refractivity contribution is 8.00. The van der Waals surface area contributed by atoms with Gasteiger partial charge in [-0.1, -0.05) is 39.0 Å². The third kappa shape index (κ3) is 6.27. The van der Waals surface area contributed by atoms with Crippen LogP contribution in [-0.2, 0) is 15.0 Å². The summed E-state index contributed by atoms with van der Waals surface area (Å²) in [6.45, 7) is 7.99. The number of benzene rings is 2. The molecule has 0 saturated heterocycles. The molecule has 0 radical (unpaired) electrons. The Morgan fingerprint density at radius 1 is 0.960 bits per heavy atom. The monoisotopic (exact) mass is 356 g/mol. The van der Waals surface area contributed by atoms with E-state index < -0.39 is 0 Å². The first kappa shape index (κ1) is 19.1. The minimum atomic E-state index is -0.141. The standard InChI is InChI=1S/C20H24N2O2S/c1-14(23)21-16-6-5-7-17(12-16)22-19(24)13-25-18-10-8-15(9-11-18)20(2,3)4/h5-12H,13H2,1-4H3,(H,21,23)(H,22,24). The SMILES string of the molecule is CC(=O)Nc1cccc(NC(=O)CSc2ccc(C(C)(C)C)cc2)c1. The normalized spacial score (nSPS) is 11.0. The molecule has 132 valence electrons. The van der Waals surface area contributed by atoms with Crippen LogP contribution >= 0.6 is 11.8 Å². The van der Waals surface area contributed by atoms with Crippen molar-refractivity contribution in [2.75, 3.05) is 16.4 Å². The van der Waals surface area contributed by atoms with Crippen molar-refractivity contribution in [3.63, 3.8) is 0 Å². The zero-order chi connectivity index (χ0) is 18.4. The second-order valence-corrected chi connectivity index (χ2v) is 7.92. The molecule has 2 aromatic carbocycles. The summed E-state index contributed by atoms with van der Waals surface area (Å²) in [7, 11) is 0. The lowest BCUT2D eigenvalue weighted by Gasteiger charge is -2.19. The largest absolute Gasteiger partial charge is 0.326 e. The molecule has 0 unspecified atom stereocenters. The van der Waals surface area contributed by atoms with Crippen molar-refractivity contribution in [1.82, 2.24) is 0 Å². The van der Waals surface area contributed by atoms with Gasteiger partial charge in [-0.15, -0.1) is 11.8 Å². The van der Waals surface area contributed by atoms with Crippen molar-refractivity contribution < 1.29 is 9.59 Å². The smallest absolute Gasteiger partial charge is 0.234 e. The number of hydrogen-bond donors (Lipinski definition) is 2. The summed E-state index contributed by atoms with van der Waals surface area (Å²) < 4.78 is 0. The molecule has 0 aliphatic carbocycles. The third-order valence-electron chi connectivity index (χ3n) is 3.56. The molecule has 0 aliphatic heterocycles. The number of rotatable bonds is 5. The van der Waals surface area contributed by atoms with Crippen LogP contribution in [0.2, 0.25) is 0 Å². The van der Waals surface area contributed by atoms with Crippen LogP contribution in [-0.4, -0.2) is 17.6 Å². The molecule has 0 fully saturated rings. The van der Waals surface area contributed by atoms with E-state index >= 15 is 0 Å². The first-order chi connectivity index (χ1) is 11.7. The summed E-state index contributed by atoms with van der Waals surface area (Å²) in [4.78, 5) is 24.3. The van der Waals surface area contributed by atoms with Crippen LogP contribution < -0.4 is 10.6 Å². The molecular weight excluding hydrogens is 332 g/mol. The van der Waals surface area contributed by atoms with Gasteiger partial charge in [-0.05, 0) is 41.3 Å². The van der Waals surface area contributed by atoms with Gasteiger partial charge in [0, 0.05) is 23.2 Å². The van der Waals surface area contributed by atoms with E-state index in [0.29, 0.717) is 17.1 Å². The second kappa shape index (κ2) is 8.21. The van der Waals surface area contributed by atoms with E-state index in [-0.39, 0.29) is 17.2 Å². The Kier molecular flexibility index (Phi) is 6.26. The Morgan fingerprint density at radius 3 is 2.12 bits per heavy atom. The molecule has 2 aromatic rings. The van der Waals surface area contributed by atoms with E-state index in [1.165, 1.54) is 24.2 Å². The molecule has 0 heterocycles. The van der Waals surface area contributed by atoms with Crippen molar-refractivity contribution in [2.24, 2.45) is 0 Å². The summed E-state index contributed by atoms with van der Waals surface area (Å²) in [6, 6.07) is 15.4. The van der Waals surface area contributed by atoms with Crippen LogP contribution in [0, 0.1) is 0 Å². The highest BCUT2D eigenvalue weighted by Crippen LogP contribution is 2.25. The molecule has 25 heavy (non-hydrogen) atoms. The average molecular weight is 356 g/mol. The molecule has 0 saturated carbocycles. The fraction of sp³-hybridized carbons (Fsp3) is 0.300. The van der Waals surface area contributed by atoms with Crippen LogP contribution in [0.4, 0.5) is 11.4 Å². The minimum Gasteiger partial charge on any atom is -0.326 e. The molecule has 0 atom stereocenters. The Hall–Kier alpha value is -2.27. The van der Waals surface area contributed by atoms with E-state index in [2.05, 4.69) is 55.7 Å². The van der Waals surface area contributed by atoms with Gasteiger partial charge in [0.15, 0.2) is 0 Å². The molecule has 2 N–H and O–H groups in total.